The molecule has 3 aliphatic carbocycles. The molecule has 3 saturated carbocycles. The molecule has 168 valence electrons. The van der Waals surface area contributed by atoms with E-state index in [0.717, 1.165) is 37.0 Å². The van der Waals surface area contributed by atoms with Gasteiger partial charge in [0.05, 0.1) is 14.9 Å². The van der Waals surface area contributed by atoms with Crippen molar-refractivity contribution in [3.8, 4) is 0 Å². The molecule has 1 spiro atoms. The molecule has 3 aliphatic rings. The van der Waals surface area contributed by atoms with E-state index in [1.54, 1.807) is 11.0 Å². The number of carboxylic acid groups (broad SMARTS) is 1. The predicted octanol–water partition coefficient (Wildman–Crippen LogP) is 5.23. The summed E-state index contributed by atoms with van der Waals surface area (Å²) in [5.41, 5.74) is -0.422. The van der Waals surface area contributed by atoms with Gasteiger partial charge < -0.3 is 10.0 Å². The molecule has 31 heavy (non-hydrogen) atoms. The molecule has 0 aromatic carbocycles. The van der Waals surface area contributed by atoms with Gasteiger partial charge in [-0.2, -0.15) is 0 Å². The summed E-state index contributed by atoms with van der Waals surface area (Å²) in [6, 6.07) is 1.53. The van der Waals surface area contributed by atoms with Crippen molar-refractivity contribution in [3.63, 3.8) is 0 Å². The molecule has 1 amide bonds. The van der Waals surface area contributed by atoms with Gasteiger partial charge in [0.25, 0.3) is 0 Å². The number of halogens is 1. The number of anilines is 1. The highest BCUT2D eigenvalue weighted by atomic mass is 79.9. The Morgan fingerprint density at radius 1 is 1.06 bits per heavy atom. The van der Waals surface area contributed by atoms with Gasteiger partial charge in [-0.05, 0) is 79.3 Å². The Balaban J connectivity index is 1.64. The largest absolute Gasteiger partial charge is 0.477 e. The van der Waals surface area contributed by atoms with E-state index in [0.29, 0.717) is 53.9 Å². The van der Waals surface area contributed by atoms with Gasteiger partial charge in [-0.25, -0.2) is 4.79 Å². The fourth-order valence-electron chi connectivity index (χ4n) is 5.66. The Morgan fingerprint density at radius 2 is 1.65 bits per heavy atom. The van der Waals surface area contributed by atoms with Gasteiger partial charge in [0.15, 0.2) is 0 Å². The van der Waals surface area contributed by atoms with Crippen molar-refractivity contribution in [2.45, 2.75) is 77.2 Å². The number of aromatic carboxylic acids is 1. The molecule has 0 aliphatic heterocycles. The average Bonchev–Trinajstić information content (AvgIpc) is 3.25. The summed E-state index contributed by atoms with van der Waals surface area (Å²) < 4.78 is 0.670. The van der Waals surface area contributed by atoms with Crippen LogP contribution >= 0.6 is 27.3 Å². The molecule has 0 saturated heterocycles. The van der Waals surface area contributed by atoms with Crippen LogP contribution in [-0.4, -0.2) is 34.6 Å². The zero-order valence-corrected chi connectivity index (χ0v) is 20.1. The third-order valence-electron chi connectivity index (χ3n) is 7.56. The SMILES string of the molecule is CC1CCC(C(=O)N(c2cc(Br)sc2C(=O)O)C2CCC3(CC2)C(=O)CCC3=O)CC1. The smallest absolute Gasteiger partial charge is 0.348 e. The van der Waals surface area contributed by atoms with Gasteiger partial charge in [-0.3, -0.25) is 14.4 Å². The summed E-state index contributed by atoms with van der Waals surface area (Å²) in [4.78, 5) is 52.5. The van der Waals surface area contributed by atoms with E-state index >= 15 is 0 Å². The van der Waals surface area contributed by atoms with Gasteiger partial charge in [-0.1, -0.05) is 6.92 Å². The Hall–Kier alpha value is -1.54. The van der Waals surface area contributed by atoms with Crippen LogP contribution in [-0.2, 0) is 14.4 Å². The predicted molar refractivity (Wildman–Crippen MR) is 122 cm³/mol. The van der Waals surface area contributed by atoms with Crippen molar-refractivity contribution in [1.82, 2.24) is 0 Å². The maximum absolute atomic E-state index is 13.7. The van der Waals surface area contributed by atoms with Crippen molar-refractivity contribution < 1.29 is 24.3 Å². The van der Waals surface area contributed by atoms with Crippen LogP contribution in [0.4, 0.5) is 5.69 Å². The summed E-state index contributed by atoms with van der Waals surface area (Å²) in [5, 5.41) is 9.75. The number of ketones is 2. The highest BCUT2D eigenvalue weighted by Crippen LogP contribution is 2.47. The molecule has 4 rings (SSSR count). The number of thiophene rings is 1. The van der Waals surface area contributed by atoms with Crippen LogP contribution in [0.2, 0.25) is 0 Å². The molecule has 1 heterocycles. The van der Waals surface area contributed by atoms with E-state index < -0.39 is 11.4 Å². The molecular formula is C23H28BrNO5S. The van der Waals surface area contributed by atoms with Crippen LogP contribution in [0.3, 0.4) is 0 Å². The molecule has 1 aromatic heterocycles. The van der Waals surface area contributed by atoms with Crippen molar-refractivity contribution in [2.75, 3.05) is 4.90 Å². The highest BCUT2D eigenvalue weighted by molar-refractivity contribution is 9.11. The lowest BCUT2D eigenvalue weighted by molar-refractivity contribution is -0.137. The Morgan fingerprint density at radius 3 is 2.19 bits per heavy atom. The second kappa shape index (κ2) is 8.77. The third-order valence-corrected chi connectivity index (χ3v) is 9.17. The van der Waals surface area contributed by atoms with Crippen LogP contribution in [0.15, 0.2) is 9.85 Å². The molecule has 1 aromatic rings. The van der Waals surface area contributed by atoms with Crippen molar-refractivity contribution in [1.29, 1.82) is 0 Å². The second-order valence-corrected chi connectivity index (χ2v) is 11.8. The van der Waals surface area contributed by atoms with Gasteiger partial charge in [-0.15, -0.1) is 11.3 Å². The number of carboxylic acids is 1. The average molecular weight is 510 g/mol. The zero-order valence-electron chi connectivity index (χ0n) is 17.7. The lowest BCUT2D eigenvalue weighted by Gasteiger charge is -2.41. The first-order chi connectivity index (χ1) is 14.7. The minimum atomic E-state index is -1.05. The lowest BCUT2D eigenvalue weighted by atomic mass is 9.69. The van der Waals surface area contributed by atoms with Gasteiger partial charge in [0.2, 0.25) is 5.91 Å². The number of amides is 1. The van der Waals surface area contributed by atoms with E-state index in [1.807, 2.05) is 0 Å². The van der Waals surface area contributed by atoms with E-state index in [-0.39, 0.29) is 34.3 Å². The van der Waals surface area contributed by atoms with Crippen LogP contribution < -0.4 is 4.90 Å². The summed E-state index contributed by atoms with van der Waals surface area (Å²) in [6.07, 6.45) is 6.27. The van der Waals surface area contributed by atoms with Crippen molar-refractivity contribution in [3.05, 3.63) is 14.7 Å². The molecule has 8 heteroatoms. The van der Waals surface area contributed by atoms with E-state index in [9.17, 15) is 24.3 Å². The monoisotopic (exact) mass is 509 g/mol. The number of carbonyl (C=O) groups excluding carboxylic acids is 3. The molecule has 0 bridgehead atoms. The molecular weight excluding hydrogens is 482 g/mol. The maximum atomic E-state index is 13.7. The molecule has 6 nitrogen and oxygen atoms in total. The number of hydrogen-bond donors (Lipinski definition) is 1. The minimum absolute atomic E-state index is 0.00951. The normalized spacial score (nSPS) is 26.4. The molecule has 1 N–H and O–H groups in total. The van der Waals surface area contributed by atoms with Crippen LogP contribution in [0.25, 0.3) is 0 Å². The van der Waals surface area contributed by atoms with E-state index in [1.165, 1.54) is 0 Å². The lowest BCUT2D eigenvalue weighted by Crippen LogP contribution is -2.49. The Kier molecular flexibility index (Phi) is 6.41. The highest BCUT2D eigenvalue weighted by Gasteiger charge is 2.52. The minimum Gasteiger partial charge on any atom is -0.477 e. The van der Waals surface area contributed by atoms with Gasteiger partial charge >= 0.3 is 5.97 Å². The summed E-state index contributed by atoms with van der Waals surface area (Å²) >= 11 is 4.50. The third kappa shape index (κ3) is 4.13. The van der Waals surface area contributed by atoms with Crippen molar-refractivity contribution >= 4 is 56.4 Å². The number of hydrogen-bond acceptors (Lipinski definition) is 5. The van der Waals surface area contributed by atoms with E-state index in [2.05, 4.69) is 22.9 Å². The maximum Gasteiger partial charge on any atom is 0.348 e. The Labute approximate surface area is 194 Å². The molecule has 3 fully saturated rings. The first kappa shape index (κ1) is 22.6. The summed E-state index contributed by atoms with van der Waals surface area (Å²) in [7, 11) is 0. The topological polar surface area (TPSA) is 91.8 Å². The molecule has 0 unspecified atom stereocenters. The first-order valence-corrected chi connectivity index (χ1v) is 12.8. The van der Waals surface area contributed by atoms with E-state index in [4.69, 9.17) is 0 Å². The summed E-state index contributed by atoms with van der Waals surface area (Å²) in [6.45, 7) is 2.20. The van der Waals surface area contributed by atoms with Gasteiger partial charge in [0.1, 0.15) is 16.4 Å². The number of carbonyl (C=O) groups is 4. The van der Waals surface area contributed by atoms with Crippen LogP contribution in [0, 0.1) is 17.3 Å². The zero-order chi connectivity index (χ0) is 22.3. The second-order valence-electron chi connectivity index (χ2n) is 9.39. The van der Waals surface area contributed by atoms with Crippen molar-refractivity contribution in [2.24, 2.45) is 17.3 Å². The van der Waals surface area contributed by atoms with Crippen LogP contribution in [0.1, 0.15) is 80.8 Å². The van der Waals surface area contributed by atoms with Gasteiger partial charge in [0, 0.05) is 24.8 Å². The quantitative estimate of drug-likeness (QED) is 0.561. The van der Waals surface area contributed by atoms with Crippen LogP contribution in [0.5, 0.6) is 0 Å². The fraction of sp³-hybridized carbons (Fsp3) is 0.652. The Bertz CT molecular complexity index is 891. The standard InChI is InChI=1S/C23H28BrNO5S/c1-13-2-4-14(5-3-13)21(28)25(16-12-19(24)31-20(16)22(29)30)15-8-10-23(11-9-15)17(26)6-7-18(23)27/h12-15H,2-11H2,1H3,(H,29,30). The number of Topliss-reactive ketones (excluding diaryl/α,β-unsaturated/α-hetero) is 2. The summed E-state index contributed by atoms with van der Waals surface area (Å²) in [5.74, 6) is -0.475. The molecule has 0 atom stereocenters. The fourth-order valence-corrected chi connectivity index (χ4v) is 7.07. The number of nitrogens with zero attached hydrogens (tertiary/aromatic N) is 1. The molecule has 0 radical (unpaired) electrons. The first-order valence-electron chi connectivity index (χ1n) is 11.1. The number of rotatable bonds is 4.